The molecule has 0 spiro atoms. The molecule has 1 aliphatic carbocycles. The number of aliphatic hydroxyl groups is 1. The van der Waals surface area contributed by atoms with E-state index in [1.165, 1.54) is 7.11 Å². The van der Waals surface area contributed by atoms with Gasteiger partial charge < -0.3 is 24.1 Å². The summed E-state index contributed by atoms with van der Waals surface area (Å²) in [4.78, 5) is 15.6. The van der Waals surface area contributed by atoms with Gasteiger partial charge in [-0.15, -0.1) is 0 Å². The lowest BCUT2D eigenvalue weighted by Crippen LogP contribution is -2.20. The van der Waals surface area contributed by atoms with Gasteiger partial charge in [0, 0.05) is 30.3 Å². The minimum Gasteiger partial charge on any atom is -0.490 e. The fourth-order valence-electron chi connectivity index (χ4n) is 4.16. The Morgan fingerprint density at radius 2 is 1.89 bits per heavy atom. The largest absolute Gasteiger partial charge is 0.490 e. The van der Waals surface area contributed by atoms with Crippen LogP contribution in [0.15, 0.2) is 41.0 Å². The monoisotopic (exact) mass is 547 g/mol. The standard InChI is InChI=1S/C25H30BrN3O6/c1-32-25(31)21-3-2-4-24(27-21)35-12-10-33-9-11-34-23-14-22-18(13-20(23)26)15-29(28-22)19-7-5-17(16-30)6-8-19/h2-4,13-15,17,19,30H,5-12,16H2,1H3. The summed E-state index contributed by atoms with van der Waals surface area (Å²) in [5, 5.41) is 15.2. The van der Waals surface area contributed by atoms with Crippen LogP contribution >= 0.6 is 15.9 Å². The van der Waals surface area contributed by atoms with Crippen LogP contribution < -0.4 is 9.47 Å². The first-order valence-corrected chi connectivity index (χ1v) is 12.5. The number of aliphatic hydroxyl groups excluding tert-OH is 1. The average molecular weight is 548 g/mol. The summed E-state index contributed by atoms with van der Waals surface area (Å²) < 4.78 is 24.6. The number of nitrogens with zero attached hydrogens (tertiary/aromatic N) is 3. The number of carbonyl (C=O) groups excluding carboxylic acids is 1. The topological polar surface area (TPSA) is 105 Å². The first-order chi connectivity index (χ1) is 17.1. The van der Waals surface area contributed by atoms with E-state index < -0.39 is 5.97 Å². The molecule has 0 amide bonds. The highest BCUT2D eigenvalue weighted by Gasteiger charge is 2.23. The number of rotatable bonds is 11. The molecule has 0 atom stereocenters. The van der Waals surface area contributed by atoms with Gasteiger partial charge in [-0.1, -0.05) is 6.07 Å². The van der Waals surface area contributed by atoms with E-state index in [4.69, 9.17) is 19.3 Å². The van der Waals surface area contributed by atoms with Gasteiger partial charge in [0.15, 0.2) is 5.69 Å². The number of hydrogen-bond acceptors (Lipinski definition) is 8. The first kappa shape index (κ1) is 25.4. The molecule has 0 radical (unpaired) electrons. The molecule has 1 aromatic carbocycles. The summed E-state index contributed by atoms with van der Waals surface area (Å²) in [6.07, 6.45) is 6.25. The zero-order valence-electron chi connectivity index (χ0n) is 19.7. The summed E-state index contributed by atoms with van der Waals surface area (Å²) in [5.74, 6) is 0.972. The molecular formula is C25H30BrN3O6. The number of hydrogen-bond donors (Lipinski definition) is 1. The molecule has 10 heteroatoms. The number of halogens is 1. The lowest BCUT2D eigenvalue weighted by Gasteiger charge is -2.27. The number of esters is 1. The van der Waals surface area contributed by atoms with Crippen molar-refractivity contribution in [3.63, 3.8) is 0 Å². The Bertz CT molecular complexity index is 1130. The molecule has 35 heavy (non-hydrogen) atoms. The van der Waals surface area contributed by atoms with Gasteiger partial charge in [-0.25, -0.2) is 9.78 Å². The van der Waals surface area contributed by atoms with Crippen molar-refractivity contribution < 1.29 is 28.8 Å². The molecule has 188 valence electrons. The van der Waals surface area contributed by atoms with E-state index in [-0.39, 0.29) is 12.3 Å². The van der Waals surface area contributed by atoms with E-state index >= 15 is 0 Å². The molecule has 0 bridgehead atoms. The third-order valence-electron chi connectivity index (χ3n) is 6.11. The van der Waals surface area contributed by atoms with E-state index in [1.54, 1.807) is 18.2 Å². The fraction of sp³-hybridized carbons (Fsp3) is 0.480. The number of methoxy groups -OCH3 is 1. The minimum absolute atomic E-state index is 0.195. The number of benzene rings is 1. The Balaban J connectivity index is 1.21. The lowest BCUT2D eigenvalue weighted by molar-refractivity contribution is 0.0590. The molecule has 0 unspecified atom stereocenters. The van der Waals surface area contributed by atoms with Crippen molar-refractivity contribution in [1.29, 1.82) is 0 Å². The van der Waals surface area contributed by atoms with Crippen LogP contribution in [0, 0.1) is 5.92 Å². The Morgan fingerprint density at radius 3 is 2.63 bits per heavy atom. The second-order valence-electron chi connectivity index (χ2n) is 8.47. The van der Waals surface area contributed by atoms with E-state index in [2.05, 4.69) is 36.5 Å². The Morgan fingerprint density at radius 1 is 1.11 bits per heavy atom. The van der Waals surface area contributed by atoms with Gasteiger partial charge in [-0.3, -0.25) is 4.68 Å². The van der Waals surface area contributed by atoms with Crippen LogP contribution in [0.4, 0.5) is 0 Å². The van der Waals surface area contributed by atoms with E-state index in [9.17, 15) is 9.90 Å². The number of ether oxygens (including phenoxy) is 4. The number of fused-ring (bicyclic) bond motifs is 1. The maximum Gasteiger partial charge on any atom is 0.356 e. The molecule has 3 aromatic rings. The van der Waals surface area contributed by atoms with Crippen molar-refractivity contribution in [3.05, 3.63) is 46.7 Å². The van der Waals surface area contributed by atoms with Crippen molar-refractivity contribution in [2.75, 3.05) is 40.1 Å². The summed E-state index contributed by atoms with van der Waals surface area (Å²) in [6, 6.07) is 9.26. The van der Waals surface area contributed by atoms with Crippen molar-refractivity contribution >= 4 is 32.8 Å². The number of aromatic nitrogens is 3. The van der Waals surface area contributed by atoms with Crippen molar-refractivity contribution in [2.45, 2.75) is 31.7 Å². The molecule has 2 heterocycles. The minimum atomic E-state index is -0.509. The van der Waals surface area contributed by atoms with Crippen LogP contribution in [0.2, 0.25) is 0 Å². The van der Waals surface area contributed by atoms with Gasteiger partial charge >= 0.3 is 5.97 Å². The predicted octanol–water partition coefficient (Wildman–Crippen LogP) is 4.18. The fourth-order valence-corrected chi connectivity index (χ4v) is 4.64. The highest BCUT2D eigenvalue weighted by molar-refractivity contribution is 9.10. The van der Waals surface area contributed by atoms with Gasteiger partial charge in [-0.05, 0) is 59.7 Å². The third-order valence-corrected chi connectivity index (χ3v) is 6.72. The van der Waals surface area contributed by atoms with Crippen molar-refractivity contribution in [1.82, 2.24) is 14.8 Å². The molecule has 0 aliphatic heterocycles. The molecule has 1 N–H and O–H groups in total. The average Bonchev–Trinajstić information content (AvgIpc) is 3.30. The maximum absolute atomic E-state index is 11.5. The number of carbonyl (C=O) groups is 1. The SMILES string of the molecule is COC(=O)c1cccc(OCCOCCOc2cc3nn(C4CCC(CO)CC4)cc3cc2Br)n1. The molecule has 4 rings (SSSR count). The second-order valence-corrected chi connectivity index (χ2v) is 9.32. The number of pyridine rings is 1. The van der Waals surface area contributed by atoms with Crippen LogP contribution in [-0.4, -0.2) is 66.0 Å². The first-order valence-electron chi connectivity index (χ1n) is 11.8. The quantitative estimate of drug-likeness (QED) is 0.281. The second kappa shape index (κ2) is 12.3. The Hall–Kier alpha value is -2.69. The highest BCUT2D eigenvalue weighted by Crippen LogP contribution is 2.34. The Kier molecular flexibility index (Phi) is 8.95. The van der Waals surface area contributed by atoms with Crippen LogP contribution in [-0.2, 0) is 9.47 Å². The molecule has 1 saturated carbocycles. The van der Waals surface area contributed by atoms with Crippen LogP contribution in [0.3, 0.4) is 0 Å². The zero-order valence-corrected chi connectivity index (χ0v) is 21.3. The molecule has 1 fully saturated rings. The molecule has 9 nitrogen and oxygen atoms in total. The van der Waals surface area contributed by atoms with E-state index in [0.29, 0.717) is 44.3 Å². The summed E-state index contributed by atoms with van der Waals surface area (Å²) in [5.41, 5.74) is 1.09. The van der Waals surface area contributed by atoms with Gasteiger partial charge in [0.2, 0.25) is 5.88 Å². The summed E-state index contributed by atoms with van der Waals surface area (Å²) in [7, 11) is 1.31. The summed E-state index contributed by atoms with van der Waals surface area (Å²) in [6.45, 7) is 1.71. The molecular weight excluding hydrogens is 518 g/mol. The smallest absolute Gasteiger partial charge is 0.356 e. The van der Waals surface area contributed by atoms with Crippen LogP contribution in [0.25, 0.3) is 10.9 Å². The van der Waals surface area contributed by atoms with Crippen molar-refractivity contribution in [2.24, 2.45) is 5.92 Å². The maximum atomic E-state index is 11.5. The normalized spacial score (nSPS) is 17.9. The zero-order chi connectivity index (χ0) is 24.6. The van der Waals surface area contributed by atoms with Gasteiger partial charge in [0.25, 0.3) is 0 Å². The molecule has 2 aromatic heterocycles. The molecule has 0 saturated heterocycles. The van der Waals surface area contributed by atoms with E-state index in [1.807, 2.05) is 12.1 Å². The highest BCUT2D eigenvalue weighted by atomic mass is 79.9. The van der Waals surface area contributed by atoms with Gasteiger partial charge in [-0.2, -0.15) is 5.10 Å². The van der Waals surface area contributed by atoms with Crippen molar-refractivity contribution in [3.8, 4) is 11.6 Å². The Labute approximate surface area is 212 Å². The summed E-state index contributed by atoms with van der Waals surface area (Å²) >= 11 is 3.59. The van der Waals surface area contributed by atoms with E-state index in [0.717, 1.165) is 46.8 Å². The van der Waals surface area contributed by atoms with Gasteiger partial charge in [0.1, 0.15) is 19.0 Å². The van der Waals surface area contributed by atoms with Crippen LogP contribution in [0.1, 0.15) is 42.2 Å². The lowest BCUT2D eigenvalue weighted by atomic mass is 9.87. The predicted molar refractivity (Wildman–Crippen MR) is 133 cm³/mol. The third kappa shape index (κ3) is 6.71. The van der Waals surface area contributed by atoms with Crippen LogP contribution in [0.5, 0.6) is 11.6 Å². The van der Waals surface area contributed by atoms with Gasteiger partial charge in [0.05, 0.1) is 36.4 Å². The molecule has 1 aliphatic rings.